The molecule has 1 aliphatic rings. The number of aromatic nitrogens is 3. The molecule has 1 aromatic carbocycles. The van der Waals surface area contributed by atoms with E-state index in [1.54, 1.807) is 24.5 Å². The number of fused-ring (bicyclic) bond motifs is 3. The number of piperidine rings is 1. The molecular weight excluding hydrogens is 408 g/mol. The fourth-order valence-electron chi connectivity index (χ4n) is 4.61. The number of aliphatic hydroxyl groups excluding tert-OH is 1. The Morgan fingerprint density at radius 3 is 2.90 bits per heavy atom. The van der Waals surface area contributed by atoms with Crippen LogP contribution in [0.1, 0.15) is 49.7 Å². The quantitative estimate of drug-likeness (QED) is 0.502. The third kappa shape index (κ3) is 3.83. The van der Waals surface area contributed by atoms with Crippen LogP contribution in [0.5, 0.6) is 0 Å². The van der Waals surface area contributed by atoms with Crippen molar-refractivity contribution in [2.24, 2.45) is 0 Å². The molecule has 7 heteroatoms. The highest BCUT2D eigenvalue weighted by molar-refractivity contribution is 7.18. The maximum atomic E-state index is 13.0. The van der Waals surface area contributed by atoms with Crippen LogP contribution in [0.25, 0.3) is 21.3 Å². The number of rotatable bonds is 5. The average Bonchev–Trinajstić information content (AvgIpc) is 3.42. The van der Waals surface area contributed by atoms with Gasteiger partial charge >= 0.3 is 0 Å². The fourth-order valence-corrected chi connectivity index (χ4v) is 5.50. The topological polar surface area (TPSA) is 71.2 Å². The van der Waals surface area contributed by atoms with E-state index in [-0.39, 0.29) is 11.9 Å². The number of aryl methyl sites for hydroxylation is 1. The summed E-state index contributed by atoms with van der Waals surface area (Å²) in [5.41, 5.74) is 3.97. The molecule has 1 unspecified atom stereocenters. The Bertz CT molecular complexity index is 1210. The molecular formula is C24H26N4O2S. The van der Waals surface area contributed by atoms with Gasteiger partial charge < -0.3 is 14.6 Å². The van der Waals surface area contributed by atoms with Gasteiger partial charge in [-0.25, -0.2) is 4.98 Å². The first-order chi connectivity index (χ1) is 15.1. The van der Waals surface area contributed by atoms with Gasteiger partial charge in [-0.15, -0.1) is 11.3 Å². The zero-order chi connectivity index (χ0) is 21.4. The van der Waals surface area contributed by atoms with Gasteiger partial charge in [0.2, 0.25) is 5.91 Å². The van der Waals surface area contributed by atoms with E-state index in [1.807, 2.05) is 34.5 Å². The monoisotopic (exact) mass is 434 g/mol. The first kappa shape index (κ1) is 20.2. The van der Waals surface area contributed by atoms with E-state index in [9.17, 15) is 9.90 Å². The van der Waals surface area contributed by atoms with Crippen molar-refractivity contribution >= 4 is 38.5 Å². The van der Waals surface area contributed by atoms with Crippen molar-refractivity contribution in [3.8, 4) is 0 Å². The number of carbonyl (C=O) groups is 1. The molecule has 0 aliphatic carbocycles. The van der Waals surface area contributed by atoms with E-state index in [2.05, 4.69) is 21.7 Å². The van der Waals surface area contributed by atoms with Crippen molar-refractivity contribution in [3.63, 3.8) is 0 Å². The van der Waals surface area contributed by atoms with Crippen LogP contribution in [-0.4, -0.2) is 43.5 Å². The van der Waals surface area contributed by atoms with Gasteiger partial charge in [-0.2, -0.15) is 0 Å². The minimum Gasteiger partial charge on any atom is -0.385 e. The number of hydrogen-bond acceptors (Lipinski definition) is 5. The van der Waals surface area contributed by atoms with Crippen molar-refractivity contribution < 1.29 is 9.90 Å². The number of amides is 1. The van der Waals surface area contributed by atoms with Crippen LogP contribution in [0.15, 0.2) is 48.0 Å². The summed E-state index contributed by atoms with van der Waals surface area (Å²) >= 11 is 1.65. The van der Waals surface area contributed by atoms with Crippen LogP contribution in [-0.2, 0) is 11.2 Å². The summed E-state index contributed by atoms with van der Waals surface area (Å²) < 4.78 is 3.27. The van der Waals surface area contributed by atoms with Crippen molar-refractivity contribution in [2.75, 3.05) is 13.1 Å². The molecule has 160 valence electrons. The van der Waals surface area contributed by atoms with Gasteiger partial charge in [0.1, 0.15) is 17.4 Å². The number of thiophene rings is 1. The van der Waals surface area contributed by atoms with E-state index in [1.165, 1.54) is 5.56 Å². The highest BCUT2D eigenvalue weighted by Gasteiger charge is 2.29. The van der Waals surface area contributed by atoms with Gasteiger partial charge in [0.05, 0.1) is 28.0 Å². The molecule has 1 fully saturated rings. The molecule has 3 aromatic heterocycles. The van der Waals surface area contributed by atoms with Crippen molar-refractivity contribution in [2.45, 2.75) is 44.8 Å². The Labute approximate surface area is 185 Å². The molecule has 0 bridgehead atoms. The van der Waals surface area contributed by atoms with Crippen LogP contribution >= 0.6 is 11.3 Å². The van der Waals surface area contributed by atoms with Gasteiger partial charge in [-0.3, -0.25) is 9.78 Å². The SMILES string of the molecule is CC(O)c1nc2cnc3ccsc3c2n1[C@H]1CCCN(C(=O)CCc2ccccc2)C1. The van der Waals surface area contributed by atoms with Gasteiger partial charge in [0.25, 0.3) is 0 Å². The second-order valence-electron chi connectivity index (χ2n) is 8.26. The van der Waals surface area contributed by atoms with E-state index in [4.69, 9.17) is 4.98 Å². The molecule has 6 nitrogen and oxygen atoms in total. The highest BCUT2D eigenvalue weighted by Crippen LogP contribution is 2.35. The summed E-state index contributed by atoms with van der Waals surface area (Å²) in [5, 5.41) is 12.5. The van der Waals surface area contributed by atoms with E-state index < -0.39 is 6.10 Å². The summed E-state index contributed by atoms with van der Waals surface area (Å²) in [5.74, 6) is 0.848. The minimum absolute atomic E-state index is 0.0942. The molecule has 4 aromatic rings. The number of benzene rings is 1. The second-order valence-corrected chi connectivity index (χ2v) is 9.18. The molecule has 1 saturated heterocycles. The number of carbonyl (C=O) groups excluding carboxylic acids is 1. The van der Waals surface area contributed by atoms with Gasteiger partial charge in [-0.05, 0) is 43.2 Å². The molecule has 0 saturated carbocycles. The van der Waals surface area contributed by atoms with Gasteiger partial charge in [0.15, 0.2) is 0 Å². The van der Waals surface area contributed by atoms with Crippen LogP contribution in [0.4, 0.5) is 0 Å². The second kappa shape index (κ2) is 8.40. The molecule has 1 N–H and O–H groups in total. The lowest BCUT2D eigenvalue weighted by molar-refractivity contribution is -0.132. The lowest BCUT2D eigenvalue weighted by Gasteiger charge is -2.35. The molecule has 0 spiro atoms. The molecule has 0 radical (unpaired) electrons. The number of aliphatic hydroxyl groups is 1. The molecule has 1 amide bonds. The third-order valence-corrected chi connectivity index (χ3v) is 7.02. The highest BCUT2D eigenvalue weighted by atomic mass is 32.1. The molecule has 4 heterocycles. The summed E-state index contributed by atoms with van der Waals surface area (Å²) in [7, 11) is 0. The zero-order valence-corrected chi connectivity index (χ0v) is 18.4. The number of imidazole rings is 1. The zero-order valence-electron chi connectivity index (χ0n) is 17.6. The number of nitrogens with zero attached hydrogens (tertiary/aromatic N) is 4. The summed E-state index contributed by atoms with van der Waals surface area (Å²) in [4.78, 5) is 24.2. The minimum atomic E-state index is -0.688. The first-order valence-electron chi connectivity index (χ1n) is 10.9. The lowest BCUT2D eigenvalue weighted by atomic mass is 10.0. The molecule has 31 heavy (non-hydrogen) atoms. The standard InChI is InChI=1S/C24H26N4O2S/c1-16(29)24-26-20-14-25-19-11-13-31-23(19)22(20)28(24)18-8-5-12-27(15-18)21(30)10-9-17-6-3-2-4-7-17/h2-4,6-7,11,13-14,16,18,29H,5,8-10,12,15H2,1H3/t16?,18-/m0/s1. The Balaban J connectivity index is 1.44. The number of likely N-dealkylation sites (tertiary alicyclic amines) is 1. The smallest absolute Gasteiger partial charge is 0.222 e. The largest absolute Gasteiger partial charge is 0.385 e. The van der Waals surface area contributed by atoms with Gasteiger partial charge in [-0.1, -0.05) is 30.3 Å². The predicted octanol–water partition coefficient (Wildman–Crippen LogP) is 4.50. The van der Waals surface area contributed by atoms with E-state index >= 15 is 0 Å². The number of pyridine rings is 1. The van der Waals surface area contributed by atoms with Crippen LogP contribution < -0.4 is 0 Å². The first-order valence-corrected chi connectivity index (χ1v) is 11.7. The summed E-state index contributed by atoms with van der Waals surface area (Å²) in [6, 6.07) is 12.3. The predicted molar refractivity (Wildman–Crippen MR) is 123 cm³/mol. The lowest BCUT2D eigenvalue weighted by Crippen LogP contribution is -2.41. The van der Waals surface area contributed by atoms with Gasteiger partial charge in [0, 0.05) is 19.5 Å². The van der Waals surface area contributed by atoms with Crippen LogP contribution in [0.2, 0.25) is 0 Å². The van der Waals surface area contributed by atoms with E-state index in [0.717, 1.165) is 47.1 Å². The number of hydrogen-bond donors (Lipinski definition) is 1. The maximum absolute atomic E-state index is 13.0. The fraction of sp³-hybridized carbons (Fsp3) is 0.375. The van der Waals surface area contributed by atoms with Crippen LogP contribution in [0.3, 0.4) is 0 Å². The van der Waals surface area contributed by atoms with Crippen molar-refractivity contribution in [1.82, 2.24) is 19.4 Å². The Hall–Kier alpha value is -2.77. The summed E-state index contributed by atoms with van der Waals surface area (Å²) in [6.07, 6.45) is 4.28. The Morgan fingerprint density at radius 1 is 1.26 bits per heavy atom. The van der Waals surface area contributed by atoms with Crippen molar-refractivity contribution in [3.05, 3.63) is 59.4 Å². The third-order valence-electron chi connectivity index (χ3n) is 6.11. The Morgan fingerprint density at radius 2 is 2.10 bits per heavy atom. The van der Waals surface area contributed by atoms with Crippen molar-refractivity contribution in [1.29, 1.82) is 0 Å². The summed E-state index contributed by atoms with van der Waals surface area (Å²) in [6.45, 7) is 3.19. The molecule has 1 aliphatic heterocycles. The normalized spacial score (nSPS) is 18.0. The average molecular weight is 435 g/mol. The maximum Gasteiger partial charge on any atom is 0.222 e. The molecule has 5 rings (SSSR count). The molecule has 2 atom stereocenters. The Kier molecular flexibility index (Phi) is 5.46. The van der Waals surface area contributed by atoms with E-state index in [0.29, 0.717) is 18.8 Å². The van der Waals surface area contributed by atoms with Crippen LogP contribution in [0, 0.1) is 0 Å².